The molecule has 188 valence electrons. The minimum atomic E-state index is -3.83. The quantitative estimate of drug-likeness (QED) is 0.263. The van der Waals surface area contributed by atoms with Gasteiger partial charge in [-0.05, 0) is 60.9 Å². The Labute approximate surface area is 213 Å². The fourth-order valence-electron chi connectivity index (χ4n) is 5.38. The number of rotatable bonds is 2. The van der Waals surface area contributed by atoms with Gasteiger partial charge in [0, 0.05) is 35.7 Å². The highest BCUT2D eigenvalue weighted by molar-refractivity contribution is 6.58. The van der Waals surface area contributed by atoms with Crippen molar-refractivity contribution in [3.05, 3.63) is 132 Å². The topological polar surface area (TPSA) is 42.2 Å². The number of hydrogen-bond donors (Lipinski definition) is 0. The summed E-state index contributed by atoms with van der Waals surface area (Å²) in [5, 5.41) is 0. The zero-order chi connectivity index (χ0) is 26.1. The molecule has 0 fully saturated rings. The molecule has 8 heterocycles. The van der Waals surface area contributed by atoms with Gasteiger partial charge in [-0.3, -0.25) is 0 Å². The third-order valence-corrected chi connectivity index (χ3v) is 7.01. The lowest BCUT2D eigenvalue weighted by Gasteiger charge is -2.30. The van der Waals surface area contributed by atoms with Crippen LogP contribution in [-0.4, -0.2) is 44.3 Å². The van der Waals surface area contributed by atoms with Crippen molar-refractivity contribution in [2.45, 2.75) is 0 Å². The van der Waals surface area contributed by atoms with E-state index in [1.807, 2.05) is 0 Å². The summed E-state index contributed by atoms with van der Waals surface area (Å²) in [6.45, 7) is -7.65. The van der Waals surface area contributed by atoms with E-state index in [1.54, 1.807) is 85.4 Å². The second-order valence-electron chi connectivity index (χ2n) is 9.08. The van der Waals surface area contributed by atoms with E-state index in [4.69, 9.17) is 8.83 Å². The smallest absolute Gasteiger partial charge is 0.464 e. The van der Waals surface area contributed by atoms with Gasteiger partial charge in [0.05, 0.1) is 12.5 Å². The maximum Gasteiger partial charge on any atom is 0.737 e. The van der Waals surface area contributed by atoms with Crippen molar-refractivity contribution in [1.82, 2.24) is 8.96 Å². The first-order valence-electron chi connectivity index (χ1n) is 11.9. The van der Waals surface area contributed by atoms with Crippen molar-refractivity contribution < 1.29 is 35.1 Å². The molecule has 8 rings (SSSR count). The molecule has 0 bridgehead atoms. The maximum absolute atomic E-state index is 14.4. The largest absolute Gasteiger partial charge is 0.737 e. The van der Waals surface area contributed by atoms with Crippen molar-refractivity contribution in [3.63, 3.8) is 0 Å². The number of halogens is 4. The fraction of sp³-hybridized carbons (Fsp3) is 0. The highest BCUT2D eigenvalue weighted by atomic mass is 19.3. The van der Waals surface area contributed by atoms with Gasteiger partial charge < -0.3 is 44.0 Å². The molecular formula is C26H18B2F4N4O2. The molecule has 0 aromatic carbocycles. The van der Waals surface area contributed by atoms with Crippen LogP contribution in [0.1, 0.15) is 22.9 Å². The fourth-order valence-corrected chi connectivity index (χ4v) is 5.38. The van der Waals surface area contributed by atoms with Crippen LogP contribution < -0.4 is 0 Å². The highest BCUT2D eigenvalue weighted by Gasteiger charge is 2.52. The molecule has 0 saturated heterocycles. The van der Waals surface area contributed by atoms with E-state index in [2.05, 4.69) is 0 Å². The van der Waals surface area contributed by atoms with Crippen molar-refractivity contribution in [2.75, 3.05) is 0 Å². The second kappa shape index (κ2) is 7.88. The maximum atomic E-state index is 14.4. The van der Waals surface area contributed by atoms with Crippen LogP contribution in [0, 0.1) is 0 Å². The van der Waals surface area contributed by atoms with Crippen LogP contribution in [0.4, 0.5) is 17.3 Å². The summed E-state index contributed by atoms with van der Waals surface area (Å²) in [4.78, 5) is 0. The normalized spacial score (nSPS) is 19.4. The number of allylic oxidation sites excluding steroid dienone is 4. The molecule has 0 amide bonds. The Hall–Kier alpha value is -4.73. The third kappa shape index (κ3) is 3.03. The number of aromatic nitrogens is 2. The van der Waals surface area contributed by atoms with Crippen LogP contribution in [0.2, 0.25) is 0 Å². The monoisotopic (exact) mass is 516 g/mol. The summed E-state index contributed by atoms with van der Waals surface area (Å²) in [6.07, 6.45) is 15.3. The van der Waals surface area contributed by atoms with E-state index in [1.165, 1.54) is 24.8 Å². The van der Waals surface area contributed by atoms with E-state index in [-0.39, 0.29) is 0 Å². The van der Waals surface area contributed by atoms with Gasteiger partial charge in [-0.25, -0.2) is 0 Å². The molecule has 0 saturated carbocycles. The molecule has 0 N–H and O–H groups in total. The molecule has 4 aromatic heterocycles. The molecule has 0 atom stereocenters. The van der Waals surface area contributed by atoms with E-state index in [0.717, 1.165) is 17.9 Å². The predicted molar refractivity (Wildman–Crippen MR) is 136 cm³/mol. The summed E-state index contributed by atoms with van der Waals surface area (Å²) in [5.74, 6) is 1.18. The molecule has 4 aromatic rings. The third-order valence-electron chi connectivity index (χ3n) is 7.01. The Balaban J connectivity index is 0.000000127. The summed E-state index contributed by atoms with van der Waals surface area (Å²) < 4.78 is 72.5. The summed E-state index contributed by atoms with van der Waals surface area (Å²) in [5.41, 5.74) is 3.29. The molecule has 4 aliphatic rings. The molecule has 12 heteroatoms. The summed E-state index contributed by atoms with van der Waals surface area (Å²) in [7, 11) is 0. The zero-order valence-corrected chi connectivity index (χ0v) is 19.7. The Bertz CT molecular complexity index is 1640. The van der Waals surface area contributed by atoms with E-state index >= 15 is 0 Å². The van der Waals surface area contributed by atoms with Crippen LogP contribution in [0.3, 0.4) is 0 Å². The zero-order valence-electron chi connectivity index (χ0n) is 19.7. The van der Waals surface area contributed by atoms with Gasteiger partial charge in [0.25, 0.3) is 0 Å². The van der Waals surface area contributed by atoms with Crippen molar-refractivity contribution >= 4 is 37.5 Å². The lowest BCUT2D eigenvalue weighted by Crippen LogP contribution is -2.49. The van der Waals surface area contributed by atoms with Crippen LogP contribution in [0.5, 0.6) is 0 Å². The van der Waals surface area contributed by atoms with Gasteiger partial charge in [0.15, 0.2) is 11.4 Å². The molecule has 0 aliphatic carbocycles. The van der Waals surface area contributed by atoms with Crippen LogP contribution >= 0.6 is 0 Å². The van der Waals surface area contributed by atoms with Crippen molar-refractivity contribution in [2.24, 2.45) is 0 Å². The minimum absolute atomic E-state index is 0.478. The minimum Gasteiger partial charge on any atom is -0.464 e. The Morgan fingerprint density at radius 3 is 1.45 bits per heavy atom. The van der Waals surface area contributed by atoms with E-state index in [0.29, 0.717) is 45.4 Å². The summed E-state index contributed by atoms with van der Waals surface area (Å²) in [6, 6.07) is 13.7. The van der Waals surface area contributed by atoms with Gasteiger partial charge in [-0.2, -0.15) is 0 Å². The molecule has 0 spiro atoms. The molecule has 4 aliphatic heterocycles. The average Bonchev–Trinajstić information content (AvgIpc) is 3.71. The molecule has 38 heavy (non-hydrogen) atoms. The standard InChI is InChI=1S/2C13H9BF2N2O/c2*15-14(16)17-7-1-4-10(17)13(12-6-3-9-19-12)11-5-2-8-18(11)14/h2*1-9H. The number of hydrogen-bond acceptors (Lipinski definition) is 2. The van der Waals surface area contributed by atoms with Crippen molar-refractivity contribution in [1.29, 1.82) is 0 Å². The Kier molecular flexibility index (Phi) is 4.66. The van der Waals surface area contributed by atoms with Gasteiger partial charge in [-0.1, -0.05) is 0 Å². The number of nitrogens with zero attached hydrogens (tertiary/aromatic N) is 4. The van der Waals surface area contributed by atoms with Gasteiger partial charge >= 0.3 is 13.9 Å². The van der Waals surface area contributed by atoms with Crippen LogP contribution in [-0.2, 0) is 0 Å². The van der Waals surface area contributed by atoms with Crippen LogP contribution in [0.15, 0.2) is 118 Å². The van der Waals surface area contributed by atoms with E-state index < -0.39 is 13.9 Å². The Morgan fingerprint density at radius 2 is 1.05 bits per heavy atom. The van der Waals surface area contributed by atoms with Crippen molar-refractivity contribution in [3.8, 4) is 0 Å². The summed E-state index contributed by atoms with van der Waals surface area (Å²) >= 11 is 0. The second-order valence-corrected chi connectivity index (χ2v) is 9.08. The van der Waals surface area contributed by atoms with Crippen LogP contribution in [0.25, 0.3) is 11.1 Å². The molecular weight excluding hydrogens is 498 g/mol. The first-order valence-corrected chi connectivity index (χ1v) is 11.9. The van der Waals surface area contributed by atoms with Gasteiger partial charge in [0.2, 0.25) is 0 Å². The Morgan fingerprint density at radius 1 is 0.605 bits per heavy atom. The lowest BCUT2D eigenvalue weighted by molar-refractivity contribution is -0.357. The number of fused-ring (bicyclic) bond motifs is 4. The SMILES string of the molecule is F[B-]1(F)n2cccc2C(c2ccco2)=C2C=CC=[N+]21.F[B-]1(F)n2cccc2C(c2ccco2)=C2C=CC=[N+]21. The molecule has 0 unspecified atom stereocenters. The first kappa shape index (κ1) is 22.5. The lowest BCUT2D eigenvalue weighted by atomic mass is 9.88. The van der Waals surface area contributed by atoms with E-state index in [9.17, 15) is 17.3 Å². The average molecular weight is 516 g/mol. The first-order chi connectivity index (χ1) is 18.4. The number of furan rings is 2. The molecule has 0 radical (unpaired) electrons. The van der Waals surface area contributed by atoms with Gasteiger partial charge in [0.1, 0.15) is 35.1 Å². The highest BCUT2D eigenvalue weighted by Crippen LogP contribution is 2.39. The predicted octanol–water partition coefficient (Wildman–Crippen LogP) is 5.46. The molecule has 6 nitrogen and oxygen atoms in total. The van der Waals surface area contributed by atoms with Gasteiger partial charge in [-0.15, -0.1) is 0 Å².